The zero-order valence-electron chi connectivity index (χ0n) is 16.3. The van der Waals surface area contributed by atoms with Gasteiger partial charge in [-0.1, -0.05) is 26.0 Å². The quantitative estimate of drug-likeness (QED) is 0.0998. The fourth-order valence-corrected chi connectivity index (χ4v) is 2.38. The second kappa shape index (κ2) is 15.8. The Morgan fingerprint density at radius 3 is 1.72 bits per heavy atom. The summed E-state index contributed by atoms with van der Waals surface area (Å²) in [4.78, 5) is 35.1. The van der Waals surface area contributed by atoms with E-state index >= 15 is 0 Å². The van der Waals surface area contributed by atoms with E-state index in [4.69, 9.17) is 18.8 Å². The molecule has 0 amide bonds. The Bertz CT molecular complexity index is 655. The first-order valence-corrected chi connectivity index (χ1v) is 10.3. The van der Waals surface area contributed by atoms with E-state index in [9.17, 15) is 22.8 Å². The van der Waals surface area contributed by atoms with E-state index in [2.05, 4.69) is 13.2 Å². The van der Waals surface area contributed by atoms with Crippen molar-refractivity contribution in [3.8, 4) is 0 Å². The van der Waals surface area contributed by atoms with Gasteiger partial charge >= 0.3 is 55.6 Å². The van der Waals surface area contributed by atoms with Crippen LogP contribution < -0.4 is 0 Å². The molecule has 29 heavy (non-hydrogen) atoms. The van der Waals surface area contributed by atoms with Gasteiger partial charge in [-0.05, 0) is 26.7 Å². The van der Waals surface area contributed by atoms with Crippen LogP contribution in [0.4, 0.5) is 0 Å². The van der Waals surface area contributed by atoms with Crippen LogP contribution in [0.3, 0.4) is 0 Å². The summed E-state index contributed by atoms with van der Waals surface area (Å²) in [5.74, 6) is -3.35. The minimum absolute atomic E-state index is 0. The van der Waals surface area contributed by atoms with Crippen LogP contribution in [-0.2, 0) is 38.7 Å². The van der Waals surface area contributed by atoms with Gasteiger partial charge in [-0.25, -0.2) is 9.59 Å². The summed E-state index contributed by atoms with van der Waals surface area (Å²) in [6.45, 7) is 9.19. The molecule has 164 valence electrons. The molecule has 0 saturated carbocycles. The average Bonchev–Trinajstić information content (AvgIpc) is 2.58. The van der Waals surface area contributed by atoms with E-state index in [1.54, 1.807) is 0 Å². The Kier molecular flexibility index (Phi) is 16.5. The molecule has 0 bridgehead atoms. The molecule has 0 radical (unpaired) electrons. The van der Waals surface area contributed by atoms with Crippen molar-refractivity contribution < 1.29 is 41.6 Å². The molecule has 0 heterocycles. The summed E-state index contributed by atoms with van der Waals surface area (Å²) >= 11 is 0. The number of hydrogen-bond donors (Lipinski definition) is 1. The van der Waals surface area contributed by atoms with E-state index in [-0.39, 0.29) is 74.5 Å². The third-order valence-corrected chi connectivity index (χ3v) is 4.21. The van der Waals surface area contributed by atoms with Crippen LogP contribution in [0.15, 0.2) is 24.3 Å². The monoisotopic (exact) mass is 462 g/mol. The Balaban J connectivity index is 0. The molecule has 11 heteroatoms. The number of rotatable bonds is 14. The summed E-state index contributed by atoms with van der Waals surface area (Å²) < 4.78 is 44.8. The maximum atomic E-state index is 12.2. The van der Waals surface area contributed by atoms with Gasteiger partial charge in [0.25, 0.3) is 10.1 Å². The first-order chi connectivity index (χ1) is 12.9. The van der Waals surface area contributed by atoms with Gasteiger partial charge in [0.2, 0.25) is 0 Å². The van der Waals surface area contributed by atoms with Crippen LogP contribution in [0.25, 0.3) is 0 Å². The van der Waals surface area contributed by atoms with Crippen LogP contribution in [0.2, 0.25) is 0 Å². The van der Waals surface area contributed by atoms with E-state index in [0.29, 0.717) is 25.7 Å². The van der Waals surface area contributed by atoms with Crippen molar-refractivity contribution in [2.75, 3.05) is 25.6 Å². The van der Waals surface area contributed by atoms with Crippen molar-refractivity contribution in [2.45, 2.75) is 39.5 Å². The summed E-state index contributed by atoms with van der Waals surface area (Å²) in [6.07, 6.45) is 1.94. The van der Waals surface area contributed by atoms with Gasteiger partial charge < -0.3 is 14.2 Å². The molecule has 0 aromatic rings. The molecule has 0 aromatic heterocycles. The Morgan fingerprint density at radius 2 is 1.31 bits per heavy atom. The molecule has 0 unspecified atom stereocenters. The van der Waals surface area contributed by atoms with Gasteiger partial charge in [0.05, 0.1) is 12.4 Å². The Hall–Kier alpha value is -0.940. The second-order valence-electron chi connectivity index (χ2n) is 6.32. The minimum atomic E-state index is -3.96. The van der Waals surface area contributed by atoms with Crippen LogP contribution in [-0.4, -0.2) is 94.2 Å². The summed E-state index contributed by atoms with van der Waals surface area (Å²) in [6, 6.07) is 0. The van der Waals surface area contributed by atoms with E-state index < -0.39 is 33.9 Å². The predicted octanol–water partition coefficient (Wildman–Crippen LogP) is 0.916. The van der Waals surface area contributed by atoms with Crippen molar-refractivity contribution in [3.05, 3.63) is 24.3 Å². The molecule has 0 aliphatic carbocycles. The molecule has 9 nitrogen and oxygen atoms in total. The number of ether oxygens (including phenoxy) is 3. The van der Waals surface area contributed by atoms with Crippen LogP contribution in [0, 0.1) is 5.92 Å². The molecule has 0 spiro atoms. The average molecular weight is 463 g/mol. The molecular weight excluding hydrogens is 432 g/mol. The predicted molar refractivity (Wildman–Crippen MR) is 109 cm³/mol. The number of hydrogen-bond acceptors (Lipinski definition) is 8. The van der Waals surface area contributed by atoms with Gasteiger partial charge in [0.15, 0.2) is 0 Å². The van der Waals surface area contributed by atoms with E-state index in [1.807, 2.05) is 0 Å². The summed E-state index contributed by atoms with van der Waals surface area (Å²) in [5.41, 5.74) is 0.326. The standard InChI is InChI=1S/C18H28O9S.Ca.2H/c1-13(2)16(19)26-11-15(12-27-17(20)14(3)4)18(21)25-9-7-5-6-8-10-28(22,23)24;;;/h15H,1,3,5-12H2,2,4H3,(H,22,23,24);;;. The molecule has 0 saturated heterocycles. The normalized spacial score (nSPS) is 10.6. The van der Waals surface area contributed by atoms with Crippen molar-refractivity contribution in [2.24, 2.45) is 5.92 Å². The van der Waals surface area contributed by atoms with E-state index in [0.717, 1.165) is 0 Å². The maximum absolute atomic E-state index is 12.2. The molecular formula is C18H30CaO9S. The molecule has 0 fully saturated rings. The Morgan fingerprint density at radius 1 is 0.862 bits per heavy atom. The molecule has 0 rings (SSSR count). The topological polar surface area (TPSA) is 133 Å². The first-order valence-electron chi connectivity index (χ1n) is 8.71. The van der Waals surface area contributed by atoms with Crippen molar-refractivity contribution in [1.29, 1.82) is 0 Å². The Labute approximate surface area is 201 Å². The van der Waals surface area contributed by atoms with Gasteiger partial charge in [-0.3, -0.25) is 9.35 Å². The van der Waals surface area contributed by atoms with Gasteiger partial charge in [0.1, 0.15) is 19.1 Å². The molecule has 0 aliphatic rings. The molecule has 0 aliphatic heterocycles. The third-order valence-electron chi connectivity index (χ3n) is 3.40. The van der Waals surface area contributed by atoms with Crippen LogP contribution in [0.5, 0.6) is 0 Å². The zero-order chi connectivity index (χ0) is 21.7. The van der Waals surface area contributed by atoms with Gasteiger partial charge in [0, 0.05) is 11.1 Å². The molecule has 0 aromatic carbocycles. The third kappa shape index (κ3) is 16.5. The number of carbonyl (C=O) groups excluding carboxylic acids is 3. The van der Waals surface area contributed by atoms with Crippen molar-refractivity contribution in [1.82, 2.24) is 0 Å². The van der Waals surface area contributed by atoms with E-state index in [1.165, 1.54) is 13.8 Å². The van der Waals surface area contributed by atoms with Crippen molar-refractivity contribution in [3.63, 3.8) is 0 Å². The van der Waals surface area contributed by atoms with Crippen LogP contribution in [0.1, 0.15) is 39.5 Å². The molecule has 0 atom stereocenters. The molecule has 1 N–H and O–H groups in total. The fraction of sp³-hybridized carbons (Fsp3) is 0.611. The number of esters is 3. The summed E-state index contributed by atoms with van der Waals surface area (Å²) in [5, 5.41) is 0. The second-order valence-corrected chi connectivity index (χ2v) is 7.89. The van der Waals surface area contributed by atoms with Gasteiger partial charge in [-0.15, -0.1) is 0 Å². The zero-order valence-corrected chi connectivity index (χ0v) is 17.1. The number of unbranched alkanes of at least 4 members (excludes halogenated alkanes) is 3. The van der Waals surface area contributed by atoms with Crippen molar-refractivity contribution >= 4 is 65.8 Å². The van der Waals surface area contributed by atoms with Gasteiger partial charge in [-0.2, -0.15) is 8.42 Å². The number of carbonyl (C=O) groups is 3. The first kappa shape index (κ1) is 30.3. The SMILES string of the molecule is C=C(C)C(=O)OCC(COC(=O)C(=C)C)C(=O)OCCCCCCS(=O)(=O)O.[CaH2]. The van der Waals surface area contributed by atoms with Crippen LogP contribution >= 0.6 is 0 Å². The fourth-order valence-electron chi connectivity index (χ4n) is 1.81. The summed E-state index contributed by atoms with van der Waals surface area (Å²) in [7, 11) is -3.96.